The Morgan fingerprint density at radius 1 is 1.21 bits per heavy atom. The van der Waals surface area contributed by atoms with Crippen LogP contribution in [0.3, 0.4) is 0 Å². The predicted molar refractivity (Wildman–Crippen MR) is 136 cm³/mol. The smallest absolute Gasteiger partial charge is 0.252 e. The number of aryl methyl sites for hydroxylation is 1. The Morgan fingerprint density at radius 2 is 1.94 bits per heavy atom. The fraction of sp³-hybridized carbons (Fsp3) is 0.393. The molecule has 1 amide bonds. The zero-order valence-electron chi connectivity index (χ0n) is 20.3. The van der Waals surface area contributed by atoms with E-state index in [0.717, 1.165) is 49.9 Å². The number of likely N-dealkylation sites (N-methyl/N-ethyl adjacent to an activating group) is 1. The third kappa shape index (κ3) is 4.77. The summed E-state index contributed by atoms with van der Waals surface area (Å²) in [6.07, 6.45) is 10.2. The molecule has 5 heteroatoms. The van der Waals surface area contributed by atoms with Crippen LogP contribution in [0.5, 0.6) is 5.75 Å². The Bertz CT molecular complexity index is 1080. The van der Waals surface area contributed by atoms with Crippen LogP contribution in [0.25, 0.3) is 6.08 Å². The molecule has 3 aliphatic rings. The number of hydrogen-bond acceptors (Lipinski definition) is 4. The van der Waals surface area contributed by atoms with Crippen LogP contribution in [0, 0.1) is 6.92 Å². The summed E-state index contributed by atoms with van der Waals surface area (Å²) in [6.45, 7) is 8.13. The van der Waals surface area contributed by atoms with Gasteiger partial charge in [0.25, 0.3) is 5.91 Å². The van der Waals surface area contributed by atoms with Crippen LogP contribution < -0.4 is 15.0 Å². The highest BCUT2D eigenvalue weighted by Gasteiger charge is 2.48. The van der Waals surface area contributed by atoms with Gasteiger partial charge >= 0.3 is 0 Å². The molecule has 1 fully saturated rings. The van der Waals surface area contributed by atoms with Crippen LogP contribution in [-0.2, 0) is 12.0 Å². The molecule has 174 valence electrons. The molecule has 33 heavy (non-hydrogen) atoms. The number of nitrogens with zero attached hydrogens (tertiary/aromatic N) is 2. The van der Waals surface area contributed by atoms with E-state index >= 15 is 0 Å². The third-order valence-corrected chi connectivity index (χ3v) is 6.88. The number of benzene rings is 2. The summed E-state index contributed by atoms with van der Waals surface area (Å²) in [5, 5.41) is 3.36. The zero-order chi connectivity index (χ0) is 23.6. The molecule has 0 radical (unpaired) electrons. The van der Waals surface area contributed by atoms with Crippen LogP contribution in [0.15, 0.2) is 49.2 Å². The maximum Gasteiger partial charge on any atom is 0.252 e. The van der Waals surface area contributed by atoms with E-state index in [0.29, 0.717) is 11.3 Å². The fourth-order valence-corrected chi connectivity index (χ4v) is 4.60. The van der Waals surface area contributed by atoms with E-state index < -0.39 is 0 Å². The van der Waals surface area contributed by atoms with E-state index in [9.17, 15) is 4.79 Å². The van der Waals surface area contributed by atoms with E-state index in [1.165, 1.54) is 16.8 Å². The van der Waals surface area contributed by atoms with E-state index in [4.69, 9.17) is 4.74 Å². The number of carbonyl (C=O) groups is 1. The number of fused-ring (bicyclic) bond motifs is 1. The minimum atomic E-state index is -0.270. The lowest BCUT2D eigenvalue weighted by Gasteiger charge is -2.32. The van der Waals surface area contributed by atoms with Gasteiger partial charge in [-0.25, -0.2) is 0 Å². The normalized spacial score (nSPS) is 17.2. The molecule has 0 unspecified atom stereocenters. The number of ether oxygens (including phenoxy) is 1. The van der Waals surface area contributed by atoms with Gasteiger partial charge in [0.2, 0.25) is 0 Å². The molecule has 1 N–H and O–H groups in total. The molecule has 0 aromatic heterocycles. The van der Waals surface area contributed by atoms with Gasteiger partial charge in [0.15, 0.2) is 0 Å². The minimum absolute atomic E-state index is 0.0316. The van der Waals surface area contributed by atoms with Gasteiger partial charge in [-0.3, -0.25) is 4.79 Å². The summed E-state index contributed by atoms with van der Waals surface area (Å²) in [5.74, 6) is 0.670. The third-order valence-electron chi connectivity index (χ3n) is 6.88. The number of anilines is 1. The molecular weight excluding hydrogens is 410 g/mol. The number of hydrogen-bond donors (Lipinski definition) is 1. The van der Waals surface area contributed by atoms with Crippen molar-refractivity contribution in [3.05, 3.63) is 77.0 Å². The summed E-state index contributed by atoms with van der Waals surface area (Å²) >= 11 is 0. The predicted octanol–water partition coefficient (Wildman–Crippen LogP) is 4.89. The molecule has 0 atom stereocenters. The summed E-state index contributed by atoms with van der Waals surface area (Å²) < 4.78 is 5.31. The Balaban J connectivity index is 0.000000459. The van der Waals surface area contributed by atoms with E-state index in [1.54, 1.807) is 7.11 Å². The highest BCUT2D eigenvalue weighted by molar-refractivity contribution is 5.97. The maximum atomic E-state index is 13.2. The Labute approximate surface area is 197 Å². The number of amides is 1. The van der Waals surface area contributed by atoms with Crippen LogP contribution in [0.1, 0.15) is 51.9 Å². The van der Waals surface area contributed by atoms with Crippen LogP contribution >= 0.6 is 0 Å². The molecule has 1 aliphatic carbocycles. The van der Waals surface area contributed by atoms with Gasteiger partial charge < -0.3 is 19.9 Å². The van der Waals surface area contributed by atoms with Crippen LogP contribution in [0.2, 0.25) is 0 Å². The van der Waals surface area contributed by atoms with Crippen molar-refractivity contribution in [3.8, 4) is 5.75 Å². The van der Waals surface area contributed by atoms with E-state index in [1.807, 2.05) is 31.2 Å². The number of carbonyl (C=O) groups excluding carboxylic acids is 1. The molecular formula is C28H35N3O2. The largest absolute Gasteiger partial charge is 0.497 e. The highest BCUT2D eigenvalue weighted by atomic mass is 16.5. The van der Waals surface area contributed by atoms with Crippen molar-refractivity contribution < 1.29 is 9.53 Å². The first-order valence-electron chi connectivity index (χ1n) is 11.7. The van der Waals surface area contributed by atoms with Crippen molar-refractivity contribution in [3.63, 3.8) is 0 Å². The first kappa shape index (κ1) is 23.0. The second-order valence-corrected chi connectivity index (χ2v) is 9.34. The summed E-state index contributed by atoms with van der Waals surface area (Å²) in [5.41, 5.74) is 6.39. The Hall–Kier alpha value is -3.21. The van der Waals surface area contributed by atoms with Crippen molar-refractivity contribution in [1.82, 2.24) is 10.2 Å². The van der Waals surface area contributed by atoms with Crippen molar-refractivity contribution >= 4 is 17.7 Å². The molecule has 5 rings (SSSR count). The number of nitrogens with one attached hydrogen (secondary N) is 1. The Morgan fingerprint density at radius 3 is 2.52 bits per heavy atom. The topological polar surface area (TPSA) is 44.8 Å². The van der Waals surface area contributed by atoms with Crippen LogP contribution in [0.4, 0.5) is 5.69 Å². The van der Waals surface area contributed by atoms with Gasteiger partial charge in [0.1, 0.15) is 5.75 Å². The van der Waals surface area contributed by atoms with Gasteiger partial charge in [-0.15, -0.1) is 0 Å². The first-order valence-corrected chi connectivity index (χ1v) is 11.7. The van der Waals surface area contributed by atoms with Crippen LogP contribution in [-0.4, -0.2) is 45.1 Å². The van der Waals surface area contributed by atoms with Crippen molar-refractivity contribution in [2.75, 3.05) is 39.2 Å². The number of rotatable bonds is 5. The quantitative estimate of drug-likeness (QED) is 0.712. The molecule has 2 heterocycles. The zero-order valence-corrected chi connectivity index (χ0v) is 20.3. The summed E-state index contributed by atoms with van der Waals surface area (Å²) in [6, 6.07) is 10.1. The average molecular weight is 446 g/mol. The fourth-order valence-electron chi connectivity index (χ4n) is 4.60. The lowest BCUT2D eigenvalue weighted by molar-refractivity contribution is 0.0929. The van der Waals surface area contributed by atoms with Crippen molar-refractivity contribution in [2.24, 2.45) is 0 Å². The molecule has 2 aromatic carbocycles. The van der Waals surface area contributed by atoms with Crippen molar-refractivity contribution in [2.45, 2.75) is 38.1 Å². The summed E-state index contributed by atoms with van der Waals surface area (Å²) in [4.78, 5) is 17.6. The van der Waals surface area contributed by atoms with Crippen molar-refractivity contribution in [1.29, 1.82) is 0 Å². The molecule has 1 saturated carbocycles. The van der Waals surface area contributed by atoms with Gasteiger partial charge in [-0.2, -0.15) is 0 Å². The second kappa shape index (κ2) is 9.34. The molecule has 0 saturated heterocycles. The monoisotopic (exact) mass is 445 g/mol. The summed E-state index contributed by atoms with van der Waals surface area (Å²) in [7, 11) is 5.82. The molecule has 2 aliphatic heterocycles. The van der Waals surface area contributed by atoms with E-state index in [2.05, 4.69) is 60.2 Å². The maximum absolute atomic E-state index is 13.2. The minimum Gasteiger partial charge on any atom is -0.497 e. The lowest BCUT2D eigenvalue weighted by atomic mass is 9.88. The van der Waals surface area contributed by atoms with Gasteiger partial charge in [0.05, 0.1) is 12.6 Å². The first-order chi connectivity index (χ1) is 15.9. The van der Waals surface area contributed by atoms with Gasteiger partial charge in [0, 0.05) is 38.4 Å². The van der Waals surface area contributed by atoms with Gasteiger partial charge in [-0.05, 0) is 91.4 Å². The molecule has 2 aromatic rings. The average Bonchev–Trinajstić information content (AvgIpc) is 3.58. The molecule has 0 bridgehead atoms. The van der Waals surface area contributed by atoms with E-state index in [-0.39, 0.29) is 11.4 Å². The molecule has 0 spiro atoms. The standard InChI is InChI=1S/C24H28N2O2.C4H7N/c1-5-17-13-21(19-7-6-12-26(3)22(19)14-17)24(10-11-24)25-23(27)20-15-18(28-4)9-8-16(20)2;1-5-3-2-4-5/h5,8-9,13-15H,1,6-7,10-12H2,2-4H3,(H,25,27);2-3H,4H2,1H3. The highest BCUT2D eigenvalue weighted by Crippen LogP contribution is 2.50. The Kier molecular flexibility index (Phi) is 6.50. The molecule has 5 nitrogen and oxygen atoms in total. The van der Waals surface area contributed by atoms with Gasteiger partial charge in [-0.1, -0.05) is 18.7 Å². The second-order valence-electron chi connectivity index (χ2n) is 9.34. The number of methoxy groups -OCH3 is 1. The lowest BCUT2D eigenvalue weighted by Crippen LogP contribution is -2.37. The SMILES string of the molecule is C=Cc1cc2c(c(C3(NC(=O)c4cc(OC)ccc4C)CC3)c1)CCCN2C.CN1C=CC1.